The lowest BCUT2D eigenvalue weighted by Gasteiger charge is -2.31. The van der Waals surface area contributed by atoms with Crippen LogP contribution in [0.1, 0.15) is 51.6 Å². The van der Waals surface area contributed by atoms with Crippen LogP contribution >= 0.6 is 11.8 Å². The van der Waals surface area contributed by atoms with Gasteiger partial charge in [-0.2, -0.15) is 0 Å². The molecule has 4 rings (SSSR count). The van der Waals surface area contributed by atoms with E-state index in [1.54, 1.807) is 16.7 Å². The van der Waals surface area contributed by atoms with E-state index in [2.05, 4.69) is 26.1 Å². The van der Waals surface area contributed by atoms with Crippen LogP contribution in [-0.4, -0.2) is 46.6 Å². The van der Waals surface area contributed by atoms with Crippen molar-refractivity contribution in [2.45, 2.75) is 57.0 Å². The second-order valence-electron chi connectivity index (χ2n) is 8.25. The summed E-state index contributed by atoms with van der Waals surface area (Å²) in [5.74, 6) is 2.35. The number of carbonyl (C=O) groups excluding carboxylic acids is 2. The number of hydrogen-bond donors (Lipinski definition) is 1. The van der Waals surface area contributed by atoms with Crippen molar-refractivity contribution in [3.63, 3.8) is 0 Å². The smallest absolute Gasteiger partial charge is 0.244 e. The molecule has 28 heavy (non-hydrogen) atoms. The number of nitrogens with zero attached hydrogens (tertiary/aromatic N) is 1. The minimum Gasteiger partial charge on any atom is -0.490 e. The maximum atomic E-state index is 13.1. The van der Waals surface area contributed by atoms with Crippen LogP contribution in [0.5, 0.6) is 11.5 Å². The fraction of sp³-hybridized carbons (Fsp3) is 0.619. The lowest BCUT2D eigenvalue weighted by atomic mass is 9.95. The highest BCUT2D eigenvalue weighted by molar-refractivity contribution is 8.01. The number of benzene rings is 1. The maximum Gasteiger partial charge on any atom is 0.244 e. The standard InChI is InChI=1S/C21H28N2O4S/c1-13(2)19(14-5-6-16-17(11-14)27-10-4-9-26-16)22-20(25)15-12-28-21(3)8-7-18(24)23(15)21/h5-6,11,13,15,19H,4,7-10,12H2,1-3H3,(H,22,25). The maximum absolute atomic E-state index is 13.1. The van der Waals surface area contributed by atoms with Crippen LogP contribution in [0.25, 0.3) is 0 Å². The number of rotatable bonds is 4. The first kappa shape index (κ1) is 19.4. The number of hydrogen-bond acceptors (Lipinski definition) is 5. The van der Waals surface area contributed by atoms with Gasteiger partial charge < -0.3 is 19.7 Å². The van der Waals surface area contributed by atoms with E-state index in [1.165, 1.54) is 0 Å². The number of fused-ring (bicyclic) bond motifs is 2. The Labute approximate surface area is 170 Å². The Balaban J connectivity index is 1.54. The number of thioether (sulfide) groups is 1. The van der Waals surface area contributed by atoms with E-state index in [9.17, 15) is 9.59 Å². The van der Waals surface area contributed by atoms with Crippen LogP contribution in [0.15, 0.2) is 18.2 Å². The summed E-state index contributed by atoms with van der Waals surface area (Å²) in [6, 6.07) is 5.34. The van der Waals surface area contributed by atoms with Crippen LogP contribution in [0.4, 0.5) is 0 Å². The zero-order valence-corrected chi connectivity index (χ0v) is 17.5. The first-order valence-corrected chi connectivity index (χ1v) is 11.0. The molecule has 2 saturated heterocycles. The third-order valence-corrected chi connectivity index (χ3v) is 7.35. The summed E-state index contributed by atoms with van der Waals surface area (Å²) < 4.78 is 11.5. The summed E-state index contributed by atoms with van der Waals surface area (Å²) in [6.45, 7) is 7.52. The third kappa shape index (κ3) is 3.45. The van der Waals surface area contributed by atoms with E-state index >= 15 is 0 Å². The summed E-state index contributed by atoms with van der Waals surface area (Å²) in [5, 5.41) is 3.20. The van der Waals surface area contributed by atoms with Gasteiger partial charge in [0.25, 0.3) is 0 Å². The molecule has 3 aliphatic heterocycles. The van der Waals surface area contributed by atoms with E-state index in [0.29, 0.717) is 25.4 Å². The Kier molecular flexibility index (Phi) is 5.21. The zero-order valence-electron chi connectivity index (χ0n) is 16.7. The first-order valence-electron chi connectivity index (χ1n) is 10.0. The molecule has 1 aromatic carbocycles. The molecule has 0 aliphatic carbocycles. The van der Waals surface area contributed by atoms with Crippen molar-refractivity contribution in [2.24, 2.45) is 5.92 Å². The van der Waals surface area contributed by atoms with Crippen molar-refractivity contribution >= 4 is 23.6 Å². The molecule has 0 saturated carbocycles. The molecule has 0 aromatic heterocycles. The van der Waals surface area contributed by atoms with Gasteiger partial charge in [-0.25, -0.2) is 0 Å². The second-order valence-corrected chi connectivity index (χ2v) is 9.75. The predicted molar refractivity (Wildman–Crippen MR) is 109 cm³/mol. The molecule has 1 N–H and O–H groups in total. The van der Waals surface area contributed by atoms with E-state index in [-0.39, 0.29) is 28.6 Å². The summed E-state index contributed by atoms with van der Waals surface area (Å²) >= 11 is 1.72. The molecular weight excluding hydrogens is 376 g/mol. The Morgan fingerprint density at radius 3 is 2.79 bits per heavy atom. The number of carbonyl (C=O) groups is 2. The Morgan fingerprint density at radius 2 is 2.04 bits per heavy atom. The molecule has 7 heteroatoms. The summed E-state index contributed by atoms with van der Waals surface area (Å²) in [7, 11) is 0. The summed E-state index contributed by atoms with van der Waals surface area (Å²) in [4.78, 5) is 27.1. The molecule has 0 spiro atoms. The molecule has 0 bridgehead atoms. The topological polar surface area (TPSA) is 67.9 Å². The van der Waals surface area contributed by atoms with Gasteiger partial charge in [-0.3, -0.25) is 9.59 Å². The molecular formula is C21H28N2O4S. The highest BCUT2D eigenvalue weighted by Crippen LogP contribution is 2.47. The van der Waals surface area contributed by atoms with Crippen molar-refractivity contribution in [3.8, 4) is 11.5 Å². The van der Waals surface area contributed by atoms with Gasteiger partial charge in [0.1, 0.15) is 6.04 Å². The van der Waals surface area contributed by atoms with E-state index in [0.717, 1.165) is 29.9 Å². The van der Waals surface area contributed by atoms with Gasteiger partial charge in [0.05, 0.1) is 24.1 Å². The van der Waals surface area contributed by atoms with Gasteiger partial charge in [-0.05, 0) is 37.0 Å². The molecule has 3 aliphatic rings. The van der Waals surface area contributed by atoms with Gasteiger partial charge in [0, 0.05) is 18.6 Å². The van der Waals surface area contributed by atoms with Crippen molar-refractivity contribution in [3.05, 3.63) is 23.8 Å². The zero-order chi connectivity index (χ0) is 19.9. The number of amides is 2. The lowest BCUT2D eigenvalue weighted by molar-refractivity contribution is -0.138. The fourth-order valence-corrected chi connectivity index (χ4v) is 5.70. The monoisotopic (exact) mass is 404 g/mol. The third-order valence-electron chi connectivity index (χ3n) is 5.84. The molecule has 3 unspecified atom stereocenters. The van der Waals surface area contributed by atoms with E-state index < -0.39 is 6.04 Å². The normalized spacial score (nSPS) is 27.5. The average molecular weight is 405 g/mol. The Hall–Kier alpha value is -1.89. The molecule has 3 atom stereocenters. The fourth-order valence-electron chi connectivity index (χ4n) is 4.27. The van der Waals surface area contributed by atoms with Crippen molar-refractivity contribution < 1.29 is 19.1 Å². The van der Waals surface area contributed by atoms with Gasteiger partial charge in [-0.1, -0.05) is 19.9 Å². The molecule has 2 fully saturated rings. The molecule has 6 nitrogen and oxygen atoms in total. The molecule has 152 valence electrons. The van der Waals surface area contributed by atoms with Crippen LogP contribution in [0.3, 0.4) is 0 Å². The van der Waals surface area contributed by atoms with Gasteiger partial charge >= 0.3 is 0 Å². The number of nitrogens with one attached hydrogen (secondary N) is 1. The Bertz CT molecular complexity index is 784. The first-order chi connectivity index (χ1) is 13.4. The van der Waals surface area contributed by atoms with Crippen LogP contribution in [0.2, 0.25) is 0 Å². The summed E-state index contributed by atoms with van der Waals surface area (Å²) in [5.41, 5.74) is 0.994. The molecule has 1 aromatic rings. The Morgan fingerprint density at radius 1 is 1.29 bits per heavy atom. The quantitative estimate of drug-likeness (QED) is 0.835. The van der Waals surface area contributed by atoms with Gasteiger partial charge in [0.2, 0.25) is 11.8 Å². The van der Waals surface area contributed by atoms with Gasteiger partial charge in [-0.15, -0.1) is 11.8 Å². The minimum atomic E-state index is -0.397. The van der Waals surface area contributed by atoms with Crippen molar-refractivity contribution in [1.82, 2.24) is 10.2 Å². The van der Waals surface area contributed by atoms with Crippen molar-refractivity contribution in [2.75, 3.05) is 19.0 Å². The number of ether oxygens (including phenoxy) is 2. The van der Waals surface area contributed by atoms with Crippen LogP contribution < -0.4 is 14.8 Å². The SMILES string of the molecule is CC(C)C(NC(=O)C1CSC2(C)CCC(=O)N12)c1ccc2c(c1)OCCCO2. The lowest BCUT2D eigenvalue weighted by Crippen LogP contribution is -2.51. The van der Waals surface area contributed by atoms with Crippen molar-refractivity contribution in [1.29, 1.82) is 0 Å². The van der Waals surface area contributed by atoms with E-state index in [1.807, 2.05) is 18.2 Å². The highest BCUT2D eigenvalue weighted by atomic mass is 32.2. The van der Waals surface area contributed by atoms with Crippen LogP contribution in [0, 0.1) is 5.92 Å². The summed E-state index contributed by atoms with van der Waals surface area (Å²) in [6.07, 6.45) is 2.20. The van der Waals surface area contributed by atoms with E-state index in [4.69, 9.17) is 9.47 Å². The van der Waals surface area contributed by atoms with Crippen LogP contribution in [-0.2, 0) is 9.59 Å². The second kappa shape index (κ2) is 7.50. The molecule has 3 heterocycles. The van der Waals surface area contributed by atoms with Gasteiger partial charge in [0.15, 0.2) is 11.5 Å². The minimum absolute atomic E-state index is 0.0720. The molecule has 2 amide bonds. The highest BCUT2D eigenvalue weighted by Gasteiger charge is 2.53. The predicted octanol–water partition coefficient (Wildman–Crippen LogP) is 3.12. The average Bonchev–Trinajstić information content (AvgIpc) is 3.04. The molecule has 0 radical (unpaired) electrons. The largest absolute Gasteiger partial charge is 0.490 e.